The van der Waals surface area contributed by atoms with Gasteiger partial charge < -0.3 is 19.5 Å². The van der Waals surface area contributed by atoms with Crippen molar-refractivity contribution in [2.45, 2.75) is 25.5 Å². The van der Waals surface area contributed by atoms with Crippen molar-refractivity contribution in [3.8, 4) is 5.75 Å². The summed E-state index contributed by atoms with van der Waals surface area (Å²) in [6.07, 6.45) is 1.38. The number of halogens is 1. The molecule has 32 heavy (non-hydrogen) atoms. The maximum Gasteiger partial charge on any atom is 0.220 e. The van der Waals surface area contributed by atoms with Gasteiger partial charge in [-0.15, -0.1) is 24.0 Å². The van der Waals surface area contributed by atoms with Crippen LogP contribution in [0.15, 0.2) is 46.1 Å². The number of nitrogens with one attached hydrogen (secondary N) is 1. The molecule has 1 unspecified atom stereocenters. The fourth-order valence-corrected chi connectivity index (χ4v) is 5.01. The van der Waals surface area contributed by atoms with Gasteiger partial charge in [-0.3, -0.25) is 4.99 Å². The van der Waals surface area contributed by atoms with Crippen molar-refractivity contribution in [2.75, 3.05) is 46.4 Å². The molecule has 1 aliphatic heterocycles. The van der Waals surface area contributed by atoms with Gasteiger partial charge in [0.2, 0.25) is 10.0 Å². The predicted octanol–water partition coefficient (Wildman–Crippen LogP) is 2.52. The third-order valence-electron chi connectivity index (χ3n) is 5.27. The van der Waals surface area contributed by atoms with E-state index in [4.69, 9.17) is 14.3 Å². The summed E-state index contributed by atoms with van der Waals surface area (Å²) >= 11 is 0. The second-order valence-corrected chi connectivity index (χ2v) is 9.44. The van der Waals surface area contributed by atoms with Gasteiger partial charge in [-0.2, -0.15) is 4.31 Å². The Morgan fingerprint density at radius 2 is 1.97 bits per heavy atom. The number of aliphatic imine (C=N–C) groups is 1. The molecule has 3 rings (SSSR count). The van der Waals surface area contributed by atoms with E-state index >= 15 is 0 Å². The molecule has 1 fully saturated rings. The molecule has 0 bridgehead atoms. The Kier molecular flexibility index (Phi) is 10.2. The second-order valence-electron chi connectivity index (χ2n) is 7.47. The highest BCUT2D eigenvalue weighted by Crippen LogP contribution is 2.26. The van der Waals surface area contributed by atoms with E-state index in [1.54, 1.807) is 13.2 Å². The van der Waals surface area contributed by atoms with E-state index in [9.17, 15) is 8.42 Å². The number of hydrogen-bond donors (Lipinski definition) is 1. The molecule has 2 aromatic rings. The Bertz CT molecular complexity index is 960. The molecule has 1 N–H and O–H groups in total. The molecule has 178 valence electrons. The van der Waals surface area contributed by atoms with E-state index in [0.29, 0.717) is 38.4 Å². The molecule has 0 saturated carbocycles. The van der Waals surface area contributed by atoms with E-state index in [-0.39, 0.29) is 35.6 Å². The van der Waals surface area contributed by atoms with Crippen molar-refractivity contribution in [3.63, 3.8) is 0 Å². The normalized spacial score (nSPS) is 16.3. The number of aromatic nitrogens is 1. The monoisotopic (exact) mass is 577 g/mol. The standard InChI is InChI=1S/C21H31N5O4S.HI/c1-4-22-21(23-15-17(2)19-7-5-6-8-20(19)29-3)25-10-12-26(13-11-25)31(27,28)16-18-9-14-30-24-18;/h5-9,14,17H,4,10-13,15-16H2,1-3H3,(H,22,23);1H. The highest BCUT2D eigenvalue weighted by atomic mass is 127. The number of rotatable bonds is 8. The minimum Gasteiger partial charge on any atom is -0.496 e. The van der Waals surface area contributed by atoms with Gasteiger partial charge in [-0.05, 0) is 18.6 Å². The maximum atomic E-state index is 12.7. The molecular weight excluding hydrogens is 545 g/mol. The SMILES string of the molecule is CCNC(=NCC(C)c1ccccc1OC)N1CCN(S(=O)(=O)Cc2ccon2)CC1.I. The topological polar surface area (TPSA) is 100 Å². The first-order chi connectivity index (χ1) is 14.9. The fourth-order valence-electron chi connectivity index (χ4n) is 3.59. The second kappa shape index (κ2) is 12.4. The molecule has 2 heterocycles. The van der Waals surface area contributed by atoms with Crippen LogP contribution in [-0.2, 0) is 15.8 Å². The summed E-state index contributed by atoms with van der Waals surface area (Å²) in [5.74, 6) is 1.71. The van der Waals surface area contributed by atoms with Crippen LogP contribution in [0, 0.1) is 0 Å². The molecule has 0 radical (unpaired) electrons. The minimum atomic E-state index is -3.43. The van der Waals surface area contributed by atoms with Crippen LogP contribution in [0.2, 0.25) is 0 Å². The van der Waals surface area contributed by atoms with E-state index in [0.717, 1.165) is 23.8 Å². The molecule has 9 nitrogen and oxygen atoms in total. The van der Waals surface area contributed by atoms with Gasteiger partial charge in [0.25, 0.3) is 0 Å². The van der Waals surface area contributed by atoms with Crippen LogP contribution in [0.1, 0.15) is 31.0 Å². The molecule has 0 spiro atoms. The average Bonchev–Trinajstić information content (AvgIpc) is 3.28. The minimum absolute atomic E-state index is 0. The van der Waals surface area contributed by atoms with Gasteiger partial charge in [-0.25, -0.2) is 8.42 Å². The number of benzene rings is 1. The van der Waals surface area contributed by atoms with Crippen molar-refractivity contribution in [1.82, 2.24) is 19.7 Å². The van der Waals surface area contributed by atoms with E-state index in [1.165, 1.54) is 10.6 Å². The Morgan fingerprint density at radius 3 is 2.59 bits per heavy atom. The number of hydrogen-bond acceptors (Lipinski definition) is 6. The lowest BCUT2D eigenvalue weighted by Crippen LogP contribution is -2.54. The molecule has 1 saturated heterocycles. The number of piperazine rings is 1. The number of para-hydroxylation sites is 1. The summed E-state index contributed by atoms with van der Waals surface area (Å²) in [5, 5.41) is 7.04. The summed E-state index contributed by atoms with van der Waals surface area (Å²) in [6.45, 7) is 7.47. The van der Waals surface area contributed by atoms with Crippen molar-refractivity contribution >= 4 is 40.0 Å². The summed E-state index contributed by atoms with van der Waals surface area (Å²) < 4.78 is 37.0. The van der Waals surface area contributed by atoms with Crippen LogP contribution < -0.4 is 10.1 Å². The van der Waals surface area contributed by atoms with Gasteiger partial charge in [0.05, 0.1) is 12.8 Å². The van der Waals surface area contributed by atoms with Crippen LogP contribution >= 0.6 is 24.0 Å². The fraction of sp³-hybridized carbons (Fsp3) is 0.524. The number of nitrogens with zero attached hydrogens (tertiary/aromatic N) is 4. The largest absolute Gasteiger partial charge is 0.496 e. The summed E-state index contributed by atoms with van der Waals surface area (Å²) in [6, 6.07) is 9.55. The van der Waals surface area contributed by atoms with Crippen molar-refractivity contribution in [2.24, 2.45) is 4.99 Å². The lowest BCUT2D eigenvalue weighted by Gasteiger charge is -2.35. The molecule has 1 aliphatic rings. The first-order valence-corrected chi connectivity index (χ1v) is 12.1. The first-order valence-electron chi connectivity index (χ1n) is 10.5. The Morgan fingerprint density at radius 1 is 1.25 bits per heavy atom. The van der Waals surface area contributed by atoms with Crippen molar-refractivity contribution in [1.29, 1.82) is 0 Å². The maximum absolute atomic E-state index is 12.7. The zero-order valence-electron chi connectivity index (χ0n) is 18.7. The van der Waals surface area contributed by atoms with Crippen LogP contribution in [0.3, 0.4) is 0 Å². The van der Waals surface area contributed by atoms with E-state index < -0.39 is 10.0 Å². The highest BCUT2D eigenvalue weighted by Gasteiger charge is 2.29. The number of ether oxygens (including phenoxy) is 1. The van der Waals surface area contributed by atoms with Gasteiger partial charge in [0.1, 0.15) is 17.8 Å². The lowest BCUT2D eigenvalue weighted by molar-refractivity contribution is 0.259. The Balaban J connectivity index is 0.00000363. The lowest BCUT2D eigenvalue weighted by atomic mass is 10.0. The number of methoxy groups -OCH3 is 1. The zero-order chi connectivity index (χ0) is 22.3. The van der Waals surface area contributed by atoms with Crippen LogP contribution in [0.5, 0.6) is 5.75 Å². The third kappa shape index (κ3) is 6.82. The van der Waals surface area contributed by atoms with Crippen LogP contribution in [0.25, 0.3) is 0 Å². The Hall–Kier alpha value is -1.86. The molecule has 11 heteroatoms. The summed E-state index contributed by atoms with van der Waals surface area (Å²) in [7, 11) is -1.75. The van der Waals surface area contributed by atoms with Crippen molar-refractivity contribution in [3.05, 3.63) is 47.9 Å². The van der Waals surface area contributed by atoms with Gasteiger partial charge in [0, 0.05) is 51.3 Å². The first kappa shape index (κ1) is 26.4. The van der Waals surface area contributed by atoms with Crippen LogP contribution in [0.4, 0.5) is 0 Å². The average molecular weight is 577 g/mol. The molecular formula is C21H32IN5O4S. The Labute approximate surface area is 207 Å². The summed E-state index contributed by atoms with van der Waals surface area (Å²) in [4.78, 5) is 6.93. The number of guanidine groups is 1. The van der Waals surface area contributed by atoms with Gasteiger partial charge in [0.15, 0.2) is 5.96 Å². The molecule has 0 amide bonds. The zero-order valence-corrected chi connectivity index (χ0v) is 21.9. The van der Waals surface area contributed by atoms with E-state index in [2.05, 4.69) is 28.4 Å². The van der Waals surface area contributed by atoms with Crippen LogP contribution in [-0.4, -0.2) is 75.1 Å². The van der Waals surface area contributed by atoms with Gasteiger partial charge >= 0.3 is 0 Å². The predicted molar refractivity (Wildman–Crippen MR) is 135 cm³/mol. The quantitative estimate of drug-likeness (QED) is 0.293. The highest BCUT2D eigenvalue weighted by molar-refractivity contribution is 14.0. The smallest absolute Gasteiger partial charge is 0.220 e. The number of sulfonamides is 1. The third-order valence-corrected chi connectivity index (χ3v) is 7.09. The summed E-state index contributed by atoms with van der Waals surface area (Å²) in [5.41, 5.74) is 1.54. The molecule has 0 aliphatic carbocycles. The molecule has 1 aromatic carbocycles. The molecule has 1 atom stereocenters. The molecule has 1 aromatic heterocycles. The van der Waals surface area contributed by atoms with Crippen molar-refractivity contribution < 1.29 is 17.7 Å². The van der Waals surface area contributed by atoms with E-state index in [1.807, 2.05) is 25.1 Å². The van der Waals surface area contributed by atoms with Gasteiger partial charge in [-0.1, -0.05) is 30.3 Å².